The summed E-state index contributed by atoms with van der Waals surface area (Å²) < 4.78 is 43.6. The van der Waals surface area contributed by atoms with Crippen LogP contribution < -0.4 is 13.6 Å². The van der Waals surface area contributed by atoms with Gasteiger partial charge in [-0.15, -0.1) is 17.0 Å². The smallest absolute Gasteiger partial charge is 0.404 e. The van der Waals surface area contributed by atoms with Gasteiger partial charge in [0.05, 0.1) is 0 Å². The number of halogens is 1. The molecule has 0 bridgehead atoms. The zero-order chi connectivity index (χ0) is 25.0. The maximum atomic E-state index is 10.3. The second-order valence-electron chi connectivity index (χ2n) is 5.68. The largest absolute Gasteiger partial charge is 0.524 e. The van der Waals surface area contributed by atoms with Crippen molar-refractivity contribution >= 4 is 40.4 Å². The second kappa shape index (κ2) is 17.0. The van der Waals surface area contributed by atoms with Gasteiger partial charge in [-0.25, -0.2) is 13.7 Å². The molecule has 0 amide bonds. The van der Waals surface area contributed by atoms with Gasteiger partial charge in [-0.05, 0) is 36.4 Å². The number of hydrogen-bond donors (Lipinski definition) is 6. The van der Waals surface area contributed by atoms with Crippen LogP contribution in [0.15, 0.2) is 91.0 Å². The molecule has 0 saturated heterocycles. The Morgan fingerprint density at radius 1 is 0.429 bits per heavy atom. The third-order valence-electron chi connectivity index (χ3n) is 2.90. The first-order valence-electron chi connectivity index (χ1n) is 8.64. The summed E-state index contributed by atoms with van der Waals surface area (Å²) >= 11 is 0. The van der Waals surface area contributed by atoms with Crippen LogP contribution in [0, 0.1) is 0 Å². The van der Waals surface area contributed by atoms with Gasteiger partial charge in [-0.2, -0.15) is 0 Å². The van der Waals surface area contributed by atoms with E-state index in [1.165, 1.54) is 36.4 Å². The Hall–Kier alpha value is -1.52. The van der Waals surface area contributed by atoms with E-state index in [2.05, 4.69) is 13.6 Å². The summed E-state index contributed by atoms with van der Waals surface area (Å²) in [5, 5.41) is 0. The number of benzene rings is 3. The van der Waals surface area contributed by atoms with Crippen molar-refractivity contribution in [1.29, 1.82) is 0 Å². The van der Waals surface area contributed by atoms with Crippen LogP contribution >= 0.6 is 40.4 Å². The van der Waals surface area contributed by atoms with Gasteiger partial charge in [0.15, 0.2) is 0 Å². The molecular weight excluding hydrogens is 640 g/mol. The Balaban J connectivity index is 0. The average Bonchev–Trinajstić information content (AvgIpc) is 2.67. The van der Waals surface area contributed by atoms with Crippen LogP contribution in [0.25, 0.3) is 0 Å². The Morgan fingerprint density at radius 2 is 0.600 bits per heavy atom. The molecule has 6 N–H and O–H groups in total. The van der Waals surface area contributed by atoms with Gasteiger partial charge < -0.3 is 13.6 Å². The molecule has 3 aromatic carbocycles. The first-order chi connectivity index (χ1) is 15.2. The molecule has 0 aliphatic heterocycles. The van der Waals surface area contributed by atoms with E-state index in [9.17, 15) is 13.7 Å². The summed E-state index contributed by atoms with van der Waals surface area (Å²) in [7, 11) is -13.2. The van der Waals surface area contributed by atoms with E-state index in [4.69, 9.17) is 29.4 Å². The van der Waals surface area contributed by atoms with Gasteiger partial charge >= 0.3 is 23.5 Å². The third-order valence-corrected chi connectivity index (χ3v) is 4.25. The summed E-state index contributed by atoms with van der Waals surface area (Å²) in [6, 6.07) is 23.8. The monoisotopic (exact) mass is 660 g/mol. The zero-order valence-corrected chi connectivity index (χ0v) is 22.7. The third kappa shape index (κ3) is 21.5. The van der Waals surface area contributed by atoms with Crippen LogP contribution in [-0.2, 0) is 30.2 Å². The van der Waals surface area contributed by atoms with Crippen LogP contribution in [0.2, 0.25) is 0 Å². The first kappa shape index (κ1) is 35.6. The summed E-state index contributed by atoms with van der Waals surface area (Å²) in [6.07, 6.45) is 0. The van der Waals surface area contributed by atoms with Crippen molar-refractivity contribution in [3.63, 3.8) is 0 Å². The van der Waals surface area contributed by atoms with Crippen molar-refractivity contribution in [3.8, 4) is 17.2 Å². The Morgan fingerprint density at radius 3 is 0.743 bits per heavy atom. The molecule has 0 aliphatic carbocycles. The molecule has 0 saturated carbocycles. The number of phosphoric acid groups is 3. The zero-order valence-electron chi connectivity index (χ0n) is 17.4. The molecule has 198 valence electrons. The first-order valence-corrected chi connectivity index (χ1v) is 13.2. The molecule has 0 spiro atoms. The van der Waals surface area contributed by atoms with Crippen molar-refractivity contribution < 1.29 is 73.1 Å². The Labute approximate surface area is 221 Å². The fourth-order valence-electron chi connectivity index (χ4n) is 1.86. The summed E-state index contributed by atoms with van der Waals surface area (Å²) in [6.45, 7) is 0. The van der Waals surface area contributed by atoms with E-state index in [1.54, 1.807) is 54.6 Å². The van der Waals surface area contributed by atoms with Crippen LogP contribution in [0.4, 0.5) is 0 Å². The van der Waals surface area contributed by atoms with Crippen LogP contribution in [0.3, 0.4) is 0 Å². The minimum atomic E-state index is -4.39. The minimum absolute atomic E-state index is 0. The second-order valence-corrected chi connectivity index (χ2v) is 9.18. The van der Waals surface area contributed by atoms with Crippen LogP contribution in [0.5, 0.6) is 17.2 Å². The van der Waals surface area contributed by atoms with Crippen molar-refractivity contribution in [2.45, 2.75) is 0 Å². The maximum Gasteiger partial charge on any atom is 0.524 e. The van der Waals surface area contributed by atoms with Gasteiger partial charge in [0.1, 0.15) is 17.2 Å². The number of para-hydroxylation sites is 3. The van der Waals surface area contributed by atoms with Gasteiger partial charge in [0, 0.05) is 16.5 Å². The molecule has 3 rings (SSSR count). The minimum Gasteiger partial charge on any atom is -0.404 e. The molecule has 0 atom stereocenters. The molecule has 0 aliphatic rings. The van der Waals surface area contributed by atoms with Crippen molar-refractivity contribution in [2.24, 2.45) is 0 Å². The normalized spacial score (nSPS) is 10.5. The van der Waals surface area contributed by atoms with Crippen LogP contribution in [-0.4, -0.2) is 29.4 Å². The molecule has 0 fully saturated rings. The van der Waals surface area contributed by atoms with Crippen LogP contribution in [0.1, 0.15) is 0 Å². The Bertz CT molecular complexity index is 950. The standard InChI is InChI=1S/3C6H7O4P.BrH.Ni/c3*7-11(8,9)10-6-4-2-1-3-5-6;;/h3*1-5H,(H2,7,8,9);1H;. The van der Waals surface area contributed by atoms with Crippen molar-refractivity contribution in [2.75, 3.05) is 0 Å². The van der Waals surface area contributed by atoms with Gasteiger partial charge in [-0.1, -0.05) is 54.6 Å². The molecule has 35 heavy (non-hydrogen) atoms. The molecular formula is C18H22BrNiO12P3. The van der Waals surface area contributed by atoms with Gasteiger partial charge in [0.25, 0.3) is 0 Å². The SMILES string of the molecule is Br.O=P(O)(O)Oc1ccccc1.O=P(O)(O)Oc1ccccc1.O=P(O)(O)Oc1ccccc1.[Ni]. The summed E-state index contributed by atoms with van der Waals surface area (Å²) in [5.41, 5.74) is 0. The van der Waals surface area contributed by atoms with E-state index in [0.717, 1.165) is 0 Å². The molecule has 0 unspecified atom stereocenters. The van der Waals surface area contributed by atoms with E-state index in [0.29, 0.717) is 0 Å². The molecule has 0 aromatic heterocycles. The number of phosphoric ester groups is 3. The molecule has 0 heterocycles. The maximum absolute atomic E-state index is 10.3. The summed E-state index contributed by atoms with van der Waals surface area (Å²) in [5.74, 6) is 0.502. The number of hydrogen-bond acceptors (Lipinski definition) is 6. The van der Waals surface area contributed by atoms with E-state index in [1.807, 2.05) is 0 Å². The van der Waals surface area contributed by atoms with Crippen molar-refractivity contribution in [1.82, 2.24) is 0 Å². The predicted molar refractivity (Wildman–Crippen MR) is 128 cm³/mol. The topological polar surface area (TPSA) is 200 Å². The Kier molecular flexibility index (Phi) is 17.3. The quantitative estimate of drug-likeness (QED) is 0.164. The average molecular weight is 662 g/mol. The molecule has 12 nitrogen and oxygen atoms in total. The fourth-order valence-corrected chi connectivity index (χ4v) is 3.05. The van der Waals surface area contributed by atoms with Gasteiger partial charge in [0.2, 0.25) is 0 Å². The molecule has 0 radical (unpaired) electrons. The van der Waals surface area contributed by atoms with Gasteiger partial charge in [-0.3, -0.25) is 29.4 Å². The number of rotatable bonds is 6. The molecule has 3 aromatic rings. The predicted octanol–water partition coefficient (Wildman–Crippen LogP) is 4.05. The summed E-state index contributed by atoms with van der Waals surface area (Å²) in [4.78, 5) is 50.2. The van der Waals surface area contributed by atoms with E-state index in [-0.39, 0.29) is 50.7 Å². The fraction of sp³-hybridized carbons (Fsp3) is 0. The van der Waals surface area contributed by atoms with E-state index < -0.39 is 23.5 Å². The van der Waals surface area contributed by atoms with Crippen molar-refractivity contribution in [3.05, 3.63) is 91.0 Å². The molecule has 17 heteroatoms. The van der Waals surface area contributed by atoms with E-state index >= 15 is 0 Å².